The molecule has 1 saturated carbocycles. The van der Waals surface area contributed by atoms with E-state index in [4.69, 9.17) is 4.74 Å². The van der Waals surface area contributed by atoms with Crippen LogP contribution in [-0.4, -0.2) is 72.4 Å². The van der Waals surface area contributed by atoms with Gasteiger partial charge in [-0.05, 0) is 44.0 Å². The second-order valence-corrected chi connectivity index (χ2v) is 9.01. The molecular weight excluding hydrogens is 390 g/mol. The van der Waals surface area contributed by atoms with Crippen LogP contribution >= 0.6 is 0 Å². The molecule has 0 radical (unpaired) electrons. The minimum atomic E-state index is -0.118. The van der Waals surface area contributed by atoms with Crippen LogP contribution in [0.3, 0.4) is 0 Å². The third kappa shape index (κ3) is 4.64. The molecule has 0 spiro atoms. The smallest absolute Gasteiger partial charge is 0.278 e. The normalized spacial score (nSPS) is 21.7. The highest BCUT2D eigenvalue weighted by molar-refractivity contribution is 6.35. The van der Waals surface area contributed by atoms with Crippen molar-refractivity contribution in [1.82, 2.24) is 14.7 Å². The van der Waals surface area contributed by atoms with Crippen molar-refractivity contribution in [1.29, 1.82) is 0 Å². The predicted octanol–water partition coefficient (Wildman–Crippen LogP) is 3.53. The van der Waals surface area contributed by atoms with Gasteiger partial charge in [0, 0.05) is 32.2 Å². The van der Waals surface area contributed by atoms with Gasteiger partial charge in [0.2, 0.25) is 0 Å². The van der Waals surface area contributed by atoms with Gasteiger partial charge in [-0.1, -0.05) is 44.7 Å². The Labute approximate surface area is 185 Å². The molecule has 1 aromatic carbocycles. The number of hydrogen-bond donors (Lipinski definition) is 0. The van der Waals surface area contributed by atoms with Crippen molar-refractivity contribution in [3.05, 3.63) is 35.5 Å². The Morgan fingerprint density at radius 1 is 0.903 bits per heavy atom. The minimum absolute atomic E-state index is 0.0228. The molecule has 6 nitrogen and oxygen atoms in total. The predicted molar refractivity (Wildman–Crippen MR) is 122 cm³/mol. The lowest BCUT2D eigenvalue weighted by Crippen LogP contribution is -2.47. The molecule has 2 fully saturated rings. The van der Waals surface area contributed by atoms with Gasteiger partial charge in [0.15, 0.2) is 0 Å². The van der Waals surface area contributed by atoms with Gasteiger partial charge in [0.1, 0.15) is 11.4 Å². The van der Waals surface area contributed by atoms with E-state index in [2.05, 4.69) is 23.8 Å². The number of carbonyl (C=O) groups is 2. The number of nitrogens with zero attached hydrogens (tertiary/aromatic N) is 3. The quantitative estimate of drug-likeness (QED) is 0.516. The summed E-state index contributed by atoms with van der Waals surface area (Å²) in [5.41, 5.74) is 1.98. The van der Waals surface area contributed by atoms with Crippen LogP contribution in [0.4, 0.5) is 0 Å². The maximum Gasteiger partial charge on any atom is 0.278 e. The number of hydrogen-bond acceptors (Lipinski definition) is 5. The van der Waals surface area contributed by atoms with E-state index in [1.54, 1.807) is 4.90 Å². The fraction of sp³-hybridized carbons (Fsp3) is 0.600. The molecule has 0 atom stereocenters. The number of piperazine rings is 1. The molecule has 2 amide bonds. The molecule has 3 aliphatic rings. The fourth-order valence-electron chi connectivity index (χ4n) is 4.90. The zero-order valence-electron chi connectivity index (χ0n) is 18.9. The summed E-state index contributed by atoms with van der Waals surface area (Å²) >= 11 is 0. The molecule has 0 unspecified atom stereocenters. The van der Waals surface area contributed by atoms with Crippen molar-refractivity contribution in [3.63, 3.8) is 0 Å². The van der Waals surface area contributed by atoms with E-state index in [0.29, 0.717) is 17.9 Å². The first kappa shape index (κ1) is 21.9. The molecule has 0 bridgehead atoms. The SMILES string of the molecule is CCCOc1ccc(C2=C(N3CCN(C)CC3)C(=O)N(C3CCCCCC3)C2=O)cc1. The third-order valence-corrected chi connectivity index (χ3v) is 6.72. The number of amides is 2. The van der Waals surface area contributed by atoms with E-state index in [0.717, 1.165) is 69.6 Å². The summed E-state index contributed by atoms with van der Waals surface area (Å²) in [7, 11) is 2.10. The van der Waals surface area contributed by atoms with Crippen LogP contribution in [-0.2, 0) is 9.59 Å². The Bertz CT molecular complexity index is 817. The molecule has 168 valence electrons. The zero-order valence-corrected chi connectivity index (χ0v) is 18.9. The molecule has 4 rings (SSSR count). The van der Waals surface area contributed by atoms with E-state index >= 15 is 0 Å². The van der Waals surface area contributed by atoms with Gasteiger partial charge >= 0.3 is 0 Å². The van der Waals surface area contributed by atoms with Crippen molar-refractivity contribution < 1.29 is 14.3 Å². The van der Waals surface area contributed by atoms with Crippen LogP contribution in [0.15, 0.2) is 30.0 Å². The van der Waals surface area contributed by atoms with Gasteiger partial charge in [-0.2, -0.15) is 0 Å². The van der Waals surface area contributed by atoms with Crippen LogP contribution in [0.2, 0.25) is 0 Å². The number of carbonyl (C=O) groups excluding carboxylic acids is 2. The van der Waals surface area contributed by atoms with E-state index < -0.39 is 0 Å². The maximum absolute atomic E-state index is 13.7. The number of likely N-dealkylation sites (N-methyl/N-ethyl adjacent to an activating group) is 1. The molecule has 0 N–H and O–H groups in total. The Hall–Kier alpha value is -2.34. The lowest BCUT2D eigenvalue weighted by atomic mass is 10.0. The number of rotatable bonds is 6. The maximum atomic E-state index is 13.7. The summed E-state index contributed by atoms with van der Waals surface area (Å²) in [5.74, 6) is 0.584. The molecule has 0 aromatic heterocycles. The first-order valence-corrected chi connectivity index (χ1v) is 11.9. The standard InChI is InChI=1S/C25H35N3O3/c1-3-18-31-21-12-10-19(11-13-21)22-23(27-16-14-26(2)15-17-27)25(30)28(24(22)29)20-8-6-4-5-7-9-20/h10-13,20H,3-9,14-18H2,1-2H3. The first-order chi connectivity index (χ1) is 15.1. The van der Waals surface area contributed by atoms with Crippen LogP contribution < -0.4 is 4.74 Å². The molecule has 2 aliphatic heterocycles. The summed E-state index contributed by atoms with van der Waals surface area (Å²) < 4.78 is 5.71. The van der Waals surface area contributed by atoms with Gasteiger partial charge in [-0.15, -0.1) is 0 Å². The molecule has 1 saturated heterocycles. The summed E-state index contributed by atoms with van der Waals surface area (Å²) in [5, 5.41) is 0. The second kappa shape index (κ2) is 9.86. The van der Waals surface area contributed by atoms with Crippen molar-refractivity contribution in [2.75, 3.05) is 39.8 Å². The fourth-order valence-corrected chi connectivity index (χ4v) is 4.90. The Balaban J connectivity index is 1.67. The van der Waals surface area contributed by atoms with Crippen molar-refractivity contribution >= 4 is 17.4 Å². The summed E-state index contributed by atoms with van der Waals surface area (Å²) in [6, 6.07) is 7.70. The third-order valence-electron chi connectivity index (χ3n) is 6.72. The lowest BCUT2D eigenvalue weighted by molar-refractivity contribution is -0.140. The zero-order chi connectivity index (χ0) is 21.8. The largest absolute Gasteiger partial charge is 0.494 e. The minimum Gasteiger partial charge on any atom is -0.494 e. The average Bonchev–Trinajstić information content (AvgIpc) is 2.94. The number of ether oxygens (including phenoxy) is 1. The molecular formula is C25H35N3O3. The Morgan fingerprint density at radius 3 is 2.16 bits per heavy atom. The number of benzene rings is 1. The molecule has 1 aliphatic carbocycles. The van der Waals surface area contributed by atoms with Gasteiger partial charge in [-0.25, -0.2) is 0 Å². The van der Waals surface area contributed by atoms with Crippen molar-refractivity contribution in [2.24, 2.45) is 0 Å². The van der Waals surface area contributed by atoms with E-state index in [1.807, 2.05) is 24.3 Å². The average molecular weight is 426 g/mol. The molecule has 31 heavy (non-hydrogen) atoms. The molecule has 1 aromatic rings. The van der Waals surface area contributed by atoms with Gasteiger partial charge in [0.05, 0.1) is 12.2 Å². The Morgan fingerprint density at radius 2 is 1.55 bits per heavy atom. The van der Waals surface area contributed by atoms with E-state index in [9.17, 15) is 9.59 Å². The van der Waals surface area contributed by atoms with Gasteiger partial charge < -0.3 is 14.5 Å². The van der Waals surface area contributed by atoms with Crippen molar-refractivity contribution in [2.45, 2.75) is 57.9 Å². The first-order valence-electron chi connectivity index (χ1n) is 11.9. The second-order valence-electron chi connectivity index (χ2n) is 9.01. The highest BCUT2D eigenvalue weighted by Gasteiger charge is 2.45. The summed E-state index contributed by atoms with van der Waals surface area (Å²) in [6.45, 7) is 6.07. The van der Waals surface area contributed by atoms with Crippen LogP contribution in [0.25, 0.3) is 5.57 Å². The summed E-state index contributed by atoms with van der Waals surface area (Å²) in [6.07, 6.45) is 7.35. The van der Waals surface area contributed by atoms with Crippen molar-refractivity contribution in [3.8, 4) is 5.75 Å². The van der Waals surface area contributed by atoms with Gasteiger partial charge in [0.25, 0.3) is 11.8 Å². The summed E-state index contributed by atoms with van der Waals surface area (Å²) in [4.78, 5) is 33.3. The van der Waals surface area contributed by atoms with Crippen LogP contribution in [0.1, 0.15) is 57.4 Å². The van der Waals surface area contributed by atoms with Crippen LogP contribution in [0, 0.1) is 0 Å². The molecule has 6 heteroatoms. The highest BCUT2D eigenvalue weighted by Crippen LogP contribution is 2.36. The number of imide groups is 1. The van der Waals surface area contributed by atoms with Gasteiger partial charge in [-0.3, -0.25) is 14.5 Å². The lowest BCUT2D eigenvalue weighted by Gasteiger charge is -2.35. The Kier molecular flexibility index (Phi) is 6.96. The van der Waals surface area contributed by atoms with E-state index in [1.165, 1.54) is 12.8 Å². The van der Waals surface area contributed by atoms with Crippen LogP contribution in [0.5, 0.6) is 5.75 Å². The van der Waals surface area contributed by atoms with E-state index in [-0.39, 0.29) is 17.9 Å². The topological polar surface area (TPSA) is 53.1 Å². The highest BCUT2D eigenvalue weighted by atomic mass is 16.5. The molecule has 2 heterocycles. The monoisotopic (exact) mass is 425 g/mol.